The summed E-state index contributed by atoms with van der Waals surface area (Å²) in [6, 6.07) is 3.29. The Kier molecular flexibility index (Phi) is 4.04. The van der Waals surface area contributed by atoms with Crippen LogP contribution in [0.25, 0.3) is 0 Å². The van der Waals surface area contributed by atoms with Gasteiger partial charge in [-0.25, -0.2) is 4.98 Å². The molecule has 0 fully saturated rings. The summed E-state index contributed by atoms with van der Waals surface area (Å²) in [5, 5.41) is 14.1. The highest BCUT2D eigenvalue weighted by molar-refractivity contribution is 5.62. The number of hydrogen-bond acceptors (Lipinski definition) is 7. The van der Waals surface area contributed by atoms with Gasteiger partial charge in [0.05, 0.1) is 11.1 Å². The largest absolute Gasteiger partial charge is 0.432 e. The highest BCUT2D eigenvalue weighted by Gasteiger charge is 2.25. The smallest absolute Gasteiger partial charge is 0.373 e. The van der Waals surface area contributed by atoms with Crippen molar-refractivity contribution in [3.63, 3.8) is 0 Å². The van der Waals surface area contributed by atoms with Crippen LogP contribution in [0, 0.1) is 10.1 Å². The Labute approximate surface area is 115 Å². The molecule has 1 N–H and O–H groups in total. The van der Waals surface area contributed by atoms with Crippen LogP contribution in [0.1, 0.15) is 13.8 Å². The predicted octanol–water partition coefficient (Wildman–Crippen LogP) is 2.39. The predicted molar refractivity (Wildman–Crippen MR) is 71.8 cm³/mol. The normalized spacial score (nSPS) is 10.3. The zero-order valence-electron chi connectivity index (χ0n) is 11.0. The van der Waals surface area contributed by atoms with Gasteiger partial charge in [-0.3, -0.25) is 15.1 Å². The number of pyridine rings is 1. The molecule has 0 atom stereocenters. The van der Waals surface area contributed by atoms with Crippen molar-refractivity contribution >= 4 is 11.5 Å². The van der Waals surface area contributed by atoms with Gasteiger partial charge in [-0.15, -0.1) is 0 Å². The van der Waals surface area contributed by atoms with E-state index < -0.39 is 4.92 Å². The highest BCUT2D eigenvalue weighted by atomic mass is 16.6. The van der Waals surface area contributed by atoms with E-state index in [1.165, 1.54) is 12.5 Å². The van der Waals surface area contributed by atoms with Crippen LogP contribution >= 0.6 is 0 Å². The summed E-state index contributed by atoms with van der Waals surface area (Å²) in [5.74, 6) is 0.366. The molecule has 0 aromatic carbocycles. The lowest BCUT2D eigenvalue weighted by Gasteiger charge is -2.10. The van der Waals surface area contributed by atoms with Gasteiger partial charge in [0.1, 0.15) is 12.1 Å². The zero-order chi connectivity index (χ0) is 14.5. The minimum atomic E-state index is -0.573. The molecule has 0 radical (unpaired) electrons. The lowest BCUT2D eigenvalue weighted by atomic mass is 10.3. The number of nitrogens with one attached hydrogen (secondary N) is 1. The summed E-state index contributed by atoms with van der Waals surface area (Å²) in [6.07, 6.45) is 4.23. The van der Waals surface area contributed by atoms with E-state index in [9.17, 15) is 10.1 Å². The van der Waals surface area contributed by atoms with E-state index in [4.69, 9.17) is 4.74 Å². The molecule has 2 aromatic heterocycles. The number of nitro groups is 1. The van der Waals surface area contributed by atoms with E-state index in [0.29, 0.717) is 5.75 Å². The van der Waals surface area contributed by atoms with Crippen LogP contribution in [0.4, 0.5) is 11.5 Å². The molecule has 20 heavy (non-hydrogen) atoms. The molecule has 0 saturated heterocycles. The molecule has 8 heteroatoms. The van der Waals surface area contributed by atoms with Crippen LogP contribution in [0.2, 0.25) is 0 Å². The minimum Gasteiger partial charge on any atom is -0.432 e. The van der Waals surface area contributed by atoms with E-state index in [1.54, 1.807) is 18.3 Å². The van der Waals surface area contributed by atoms with Crippen LogP contribution in [0.5, 0.6) is 11.6 Å². The summed E-state index contributed by atoms with van der Waals surface area (Å²) < 4.78 is 5.40. The van der Waals surface area contributed by atoms with Crippen molar-refractivity contribution in [2.45, 2.75) is 19.9 Å². The molecule has 0 spiro atoms. The van der Waals surface area contributed by atoms with Gasteiger partial charge in [-0.2, -0.15) is 4.98 Å². The third kappa shape index (κ3) is 3.16. The van der Waals surface area contributed by atoms with Gasteiger partial charge in [0.2, 0.25) is 5.82 Å². The lowest BCUT2D eigenvalue weighted by Crippen LogP contribution is -2.13. The topological polar surface area (TPSA) is 103 Å². The Bertz CT molecular complexity index is 603. The lowest BCUT2D eigenvalue weighted by molar-refractivity contribution is -0.385. The van der Waals surface area contributed by atoms with Crippen molar-refractivity contribution in [1.29, 1.82) is 0 Å². The molecule has 2 heterocycles. The number of aromatic nitrogens is 3. The summed E-state index contributed by atoms with van der Waals surface area (Å²) >= 11 is 0. The number of rotatable bonds is 5. The first-order valence-corrected chi connectivity index (χ1v) is 5.91. The van der Waals surface area contributed by atoms with Crippen molar-refractivity contribution in [3.05, 3.63) is 41.0 Å². The molecule has 2 rings (SSSR count). The minimum absolute atomic E-state index is 0.00478. The first kappa shape index (κ1) is 13.7. The molecule has 0 aliphatic heterocycles. The Hall–Kier alpha value is -2.77. The van der Waals surface area contributed by atoms with Gasteiger partial charge in [0.25, 0.3) is 0 Å². The van der Waals surface area contributed by atoms with Crippen molar-refractivity contribution in [1.82, 2.24) is 15.0 Å². The molecular weight excluding hydrogens is 262 g/mol. The number of ether oxygens (including phenoxy) is 1. The first-order chi connectivity index (χ1) is 9.58. The quantitative estimate of drug-likeness (QED) is 0.660. The molecule has 0 bridgehead atoms. The molecule has 8 nitrogen and oxygen atoms in total. The SMILES string of the molecule is CC(C)Nc1ncnc(Oc2cccnc2)c1[N+](=O)[O-]. The molecular formula is C12H13N5O3. The van der Waals surface area contributed by atoms with Gasteiger partial charge in [-0.05, 0) is 26.0 Å². The second kappa shape index (κ2) is 5.91. The van der Waals surface area contributed by atoms with Crippen LogP contribution < -0.4 is 10.1 Å². The summed E-state index contributed by atoms with van der Waals surface area (Å²) in [5.41, 5.74) is -0.301. The zero-order valence-corrected chi connectivity index (χ0v) is 11.0. The van der Waals surface area contributed by atoms with E-state index in [-0.39, 0.29) is 23.4 Å². The third-order valence-corrected chi connectivity index (χ3v) is 2.25. The Morgan fingerprint density at radius 1 is 1.40 bits per heavy atom. The highest BCUT2D eigenvalue weighted by Crippen LogP contribution is 2.33. The molecule has 0 aliphatic rings. The fourth-order valence-corrected chi connectivity index (χ4v) is 1.50. The monoisotopic (exact) mass is 275 g/mol. The van der Waals surface area contributed by atoms with Crippen molar-refractivity contribution < 1.29 is 9.66 Å². The summed E-state index contributed by atoms with van der Waals surface area (Å²) in [7, 11) is 0. The first-order valence-electron chi connectivity index (χ1n) is 5.91. The Morgan fingerprint density at radius 2 is 2.20 bits per heavy atom. The fraction of sp³-hybridized carbons (Fsp3) is 0.250. The average molecular weight is 275 g/mol. The Morgan fingerprint density at radius 3 is 2.80 bits per heavy atom. The maximum Gasteiger partial charge on any atom is 0.373 e. The van der Waals surface area contributed by atoms with Gasteiger partial charge < -0.3 is 10.1 Å². The van der Waals surface area contributed by atoms with Crippen molar-refractivity contribution in [3.8, 4) is 11.6 Å². The van der Waals surface area contributed by atoms with Gasteiger partial charge >= 0.3 is 11.6 Å². The maximum atomic E-state index is 11.2. The average Bonchev–Trinajstić information content (AvgIpc) is 2.39. The van der Waals surface area contributed by atoms with Gasteiger partial charge in [0.15, 0.2) is 0 Å². The van der Waals surface area contributed by atoms with Crippen LogP contribution in [-0.4, -0.2) is 25.9 Å². The molecule has 0 saturated carbocycles. The molecule has 104 valence electrons. The van der Waals surface area contributed by atoms with Crippen LogP contribution in [0.15, 0.2) is 30.9 Å². The number of nitrogens with zero attached hydrogens (tertiary/aromatic N) is 4. The van der Waals surface area contributed by atoms with Crippen molar-refractivity contribution in [2.24, 2.45) is 0 Å². The second-order valence-electron chi connectivity index (χ2n) is 4.22. The van der Waals surface area contributed by atoms with Crippen LogP contribution in [0.3, 0.4) is 0 Å². The molecule has 2 aromatic rings. The molecule has 0 aliphatic carbocycles. The maximum absolute atomic E-state index is 11.2. The standard InChI is InChI=1S/C12H13N5O3/c1-8(2)16-11-10(17(18)19)12(15-7-14-11)20-9-4-3-5-13-6-9/h3-8H,1-2H3,(H,14,15,16). The number of anilines is 1. The van der Waals surface area contributed by atoms with Gasteiger partial charge in [-0.1, -0.05) is 0 Å². The second-order valence-corrected chi connectivity index (χ2v) is 4.22. The van der Waals surface area contributed by atoms with Gasteiger partial charge in [0, 0.05) is 12.2 Å². The fourth-order valence-electron chi connectivity index (χ4n) is 1.50. The van der Waals surface area contributed by atoms with Crippen LogP contribution in [-0.2, 0) is 0 Å². The molecule has 0 amide bonds. The van der Waals surface area contributed by atoms with E-state index in [1.807, 2.05) is 13.8 Å². The van der Waals surface area contributed by atoms with E-state index in [0.717, 1.165) is 0 Å². The summed E-state index contributed by atoms with van der Waals surface area (Å²) in [6.45, 7) is 3.71. The third-order valence-electron chi connectivity index (χ3n) is 2.25. The molecule has 0 unspecified atom stereocenters. The van der Waals surface area contributed by atoms with E-state index in [2.05, 4.69) is 20.3 Å². The van der Waals surface area contributed by atoms with Crippen molar-refractivity contribution in [2.75, 3.05) is 5.32 Å². The number of hydrogen-bond donors (Lipinski definition) is 1. The van der Waals surface area contributed by atoms with E-state index >= 15 is 0 Å². The summed E-state index contributed by atoms with van der Waals surface area (Å²) in [4.78, 5) is 22.2. The Balaban J connectivity index is 2.39.